The number of aryl methyl sites for hydroxylation is 1. The fourth-order valence-electron chi connectivity index (χ4n) is 4.31. The largest absolute Gasteiger partial charge is 0.384 e. The van der Waals surface area contributed by atoms with E-state index in [9.17, 15) is 8.78 Å². The van der Waals surface area contributed by atoms with Gasteiger partial charge in [-0.3, -0.25) is 10.00 Å². The molecule has 2 aromatic heterocycles. The van der Waals surface area contributed by atoms with Gasteiger partial charge in [0.2, 0.25) is 0 Å². The van der Waals surface area contributed by atoms with Crippen LogP contribution in [-0.4, -0.2) is 70.9 Å². The molecule has 2 fully saturated rings. The molecule has 8 nitrogen and oxygen atoms in total. The topological polar surface area (TPSA) is 90.2 Å². The Morgan fingerprint density at radius 1 is 0.971 bits per heavy atom. The van der Waals surface area contributed by atoms with E-state index in [1.54, 1.807) is 6.07 Å². The van der Waals surface area contributed by atoms with Crippen LogP contribution in [0, 0.1) is 18.6 Å². The van der Waals surface area contributed by atoms with Crippen LogP contribution in [0.2, 0.25) is 0 Å². The molecule has 0 bridgehead atoms. The van der Waals surface area contributed by atoms with Gasteiger partial charge in [0.1, 0.15) is 29.0 Å². The zero-order valence-corrected chi connectivity index (χ0v) is 20.4. The summed E-state index contributed by atoms with van der Waals surface area (Å²) in [5.74, 6) is 0.682. The molecule has 0 aliphatic carbocycles. The summed E-state index contributed by atoms with van der Waals surface area (Å²) >= 11 is 0. The van der Waals surface area contributed by atoms with Gasteiger partial charge in [-0.25, -0.2) is 18.7 Å². The highest BCUT2D eigenvalue weighted by Gasteiger charge is 2.21. The predicted molar refractivity (Wildman–Crippen MR) is 137 cm³/mol. The van der Waals surface area contributed by atoms with Gasteiger partial charge < -0.3 is 15.5 Å². The summed E-state index contributed by atoms with van der Waals surface area (Å²) in [7, 11) is 0. The van der Waals surface area contributed by atoms with Gasteiger partial charge in [0.25, 0.3) is 0 Å². The molecule has 11 heteroatoms. The highest BCUT2D eigenvalue weighted by atomic mass is 35.5. The molecular weight excluding hydrogens is 474 g/mol. The second kappa shape index (κ2) is 10.6. The Hall–Kier alpha value is -3.24. The maximum absolute atomic E-state index is 13.5. The number of nitrogens with two attached hydrogens (primary N) is 1. The molecule has 0 radical (unpaired) electrons. The number of aromatic nitrogens is 4. The summed E-state index contributed by atoms with van der Waals surface area (Å²) in [5.41, 5.74) is 9.19. The van der Waals surface area contributed by atoms with Crippen LogP contribution >= 0.6 is 12.4 Å². The molecule has 1 aromatic carbocycles. The second-order valence-corrected chi connectivity index (χ2v) is 8.74. The Bertz CT molecular complexity index is 1180. The van der Waals surface area contributed by atoms with E-state index in [1.807, 2.05) is 17.9 Å². The molecule has 35 heavy (non-hydrogen) atoms. The molecular formula is C24H29ClF2N8. The lowest BCUT2D eigenvalue weighted by Gasteiger charge is -2.35. The zero-order chi connectivity index (χ0) is 23.7. The average molecular weight is 503 g/mol. The third-order valence-corrected chi connectivity index (χ3v) is 6.35. The van der Waals surface area contributed by atoms with Crippen molar-refractivity contribution in [3.05, 3.63) is 53.2 Å². The first-order valence-corrected chi connectivity index (χ1v) is 11.5. The van der Waals surface area contributed by atoms with Crippen LogP contribution in [0.15, 0.2) is 30.3 Å². The number of hydrogen-bond donors (Lipinski definition) is 2. The third kappa shape index (κ3) is 5.54. The molecule has 2 aliphatic rings. The maximum Gasteiger partial charge on any atom is 0.184 e. The van der Waals surface area contributed by atoms with E-state index in [0.717, 1.165) is 62.3 Å². The molecule has 0 atom stereocenters. The Morgan fingerprint density at radius 3 is 2.34 bits per heavy atom. The monoisotopic (exact) mass is 502 g/mol. The number of aromatic amines is 1. The molecule has 0 amide bonds. The maximum atomic E-state index is 13.5. The van der Waals surface area contributed by atoms with E-state index in [4.69, 9.17) is 10.7 Å². The van der Waals surface area contributed by atoms with Crippen molar-refractivity contribution in [2.75, 3.05) is 61.3 Å². The third-order valence-electron chi connectivity index (χ3n) is 6.35. The van der Waals surface area contributed by atoms with E-state index in [2.05, 4.69) is 31.1 Å². The van der Waals surface area contributed by atoms with Gasteiger partial charge in [-0.1, -0.05) is 12.2 Å². The molecule has 4 heterocycles. The summed E-state index contributed by atoms with van der Waals surface area (Å²) in [6.45, 7) is 7.70. The molecule has 3 N–H and O–H groups in total. The van der Waals surface area contributed by atoms with Crippen LogP contribution in [0.4, 0.5) is 26.1 Å². The van der Waals surface area contributed by atoms with Gasteiger partial charge in [-0.15, -0.1) is 12.4 Å². The van der Waals surface area contributed by atoms with Gasteiger partial charge >= 0.3 is 0 Å². The number of nitrogens with one attached hydrogen (secondary N) is 1. The van der Waals surface area contributed by atoms with Crippen molar-refractivity contribution in [3.8, 4) is 11.5 Å². The molecule has 0 spiro atoms. The standard InChI is InChI=1S/C24H28F2N8.ClH/c1-16-20(23(31-30-16)24-28-21(27)15-22(29-24)34-6-3-7-34)4-2-5-32-8-10-33(11-9-32)19-13-17(25)12-18(26)14-19;/h2,4,12-15H,3,5-11H2,1H3,(H,30,31)(H2,27,28,29);1H. The average Bonchev–Trinajstić information content (AvgIpc) is 3.12. The fraction of sp³-hybridized carbons (Fsp3) is 0.375. The van der Waals surface area contributed by atoms with Crippen molar-refractivity contribution in [2.45, 2.75) is 13.3 Å². The fourth-order valence-corrected chi connectivity index (χ4v) is 4.31. The Balaban J connectivity index is 0.00000289. The number of H-pyrrole nitrogens is 1. The Labute approximate surface area is 209 Å². The lowest BCUT2D eigenvalue weighted by atomic mass is 10.1. The first kappa shape index (κ1) is 24.9. The Morgan fingerprint density at radius 2 is 1.69 bits per heavy atom. The minimum Gasteiger partial charge on any atom is -0.384 e. The number of nitrogen functional groups attached to an aromatic ring is 1. The van der Waals surface area contributed by atoms with Crippen molar-refractivity contribution in [3.63, 3.8) is 0 Å². The van der Waals surface area contributed by atoms with E-state index in [-0.39, 0.29) is 12.4 Å². The summed E-state index contributed by atoms with van der Waals surface area (Å²) in [4.78, 5) is 15.6. The highest BCUT2D eigenvalue weighted by molar-refractivity contribution is 5.85. The van der Waals surface area contributed by atoms with Crippen LogP contribution in [0.3, 0.4) is 0 Å². The lowest BCUT2D eigenvalue weighted by molar-refractivity contribution is 0.284. The zero-order valence-electron chi connectivity index (χ0n) is 19.5. The van der Waals surface area contributed by atoms with Gasteiger partial charge in [0.05, 0.1) is 0 Å². The second-order valence-electron chi connectivity index (χ2n) is 8.74. The van der Waals surface area contributed by atoms with E-state index in [1.165, 1.54) is 12.1 Å². The number of benzene rings is 1. The minimum absolute atomic E-state index is 0. The predicted octanol–water partition coefficient (Wildman–Crippen LogP) is 3.50. The number of piperazine rings is 1. The van der Waals surface area contributed by atoms with Crippen molar-refractivity contribution < 1.29 is 8.78 Å². The molecule has 2 aliphatic heterocycles. The molecule has 186 valence electrons. The van der Waals surface area contributed by atoms with E-state index in [0.29, 0.717) is 36.1 Å². The van der Waals surface area contributed by atoms with Crippen molar-refractivity contribution in [1.29, 1.82) is 0 Å². The van der Waals surface area contributed by atoms with Crippen molar-refractivity contribution in [2.24, 2.45) is 0 Å². The summed E-state index contributed by atoms with van der Waals surface area (Å²) in [6.07, 6.45) is 5.29. The summed E-state index contributed by atoms with van der Waals surface area (Å²) in [6, 6.07) is 5.47. The first-order chi connectivity index (χ1) is 16.5. The number of anilines is 3. The van der Waals surface area contributed by atoms with Gasteiger partial charge in [-0.2, -0.15) is 5.10 Å². The highest BCUT2D eigenvalue weighted by Crippen LogP contribution is 2.27. The smallest absolute Gasteiger partial charge is 0.184 e. The van der Waals surface area contributed by atoms with Crippen LogP contribution in [0.25, 0.3) is 17.6 Å². The molecule has 2 saturated heterocycles. The van der Waals surface area contributed by atoms with Crippen LogP contribution in [-0.2, 0) is 0 Å². The number of halogens is 3. The van der Waals surface area contributed by atoms with Crippen LogP contribution in [0.5, 0.6) is 0 Å². The quantitative estimate of drug-likeness (QED) is 0.533. The molecule has 5 rings (SSSR count). The van der Waals surface area contributed by atoms with Crippen LogP contribution in [0.1, 0.15) is 17.7 Å². The summed E-state index contributed by atoms with van der Waals surface area (Å²) in [5, 5.41) is 7.47. The van der Waals surface area contributed by atoms with Gasteiger partial charge in [-0.05, 0) is 25.5 Å². The Kier molecular flexibility index (Phi) is 7.51. The lowest BCUT2D eigenvalue weighted by Crippen LogP contribution is -2.46. The molecule has 3 aromatic rings. The van der Waals surface area contributed by atoms with E-state index < -0.39 is 11.6 Å². The molecule has 0 unspecified atom stereocenters. The van der Waals surface area contributed by atoms with Gasteiger partial charge in [0.15, 0.2) is 5.82 Å². The van der Waals surface area contributed by atoms with Gasteiger partial charge in [0, 0.05) is 74.9 Å². The SMILES string of the molecule is Cc1[nH]nc(-c2nc(N)cc(N3CCC3)n2)c1C=CCN1CCN(c2cc(F)cc(F)c2)CC1.Cl. The number of nitrogens with zero attached hydrogens (tertiary/aromatic N) is 6. The van der Waals surface area contributed by atoms with Crippen LogP contribution < -0.4 is 15.5 Å². The minimum atomic E-state index is -0.548. The van der Waals surface area contributed by atoms with Crippen molar-refractivity contribution >= 4 is 35.8 Å². The molecule has 0 saturated carbocycles. The first-order valence-electron chi connectivity index (χ1n) is 11.5. The summed E-state index contributed by atoms with van der Waals surface area (Å²) < 4.78 is 27.1. The normalized spacial score (nSPS) is 16.4. The van der Waals surface area contributed by atoms with E-state index >= 15 is 0 Å². The van der Waals surface area contributed by atoms with Crippen molar-refractivity contribution in [1.82, 2.24) is 25.1 Å². The number of rotatable bonds is 6. The number of hydrogen-bond acceptors (Lipinski definition) is 7.